The van der Waals surface area contributed by atoms with E-state index in [9.17, 15) is 14.0 Å². The predicted molar refractivity (Wildman–Crippen MR) is 112 cm³/mol. The number of hydrogen-bond acceptors (Lipinski definition) is 4. The fourth-order valence-electron chi connectivity index (χ4n) is 2.82. The number of halogens is 1. The largest absolute Gasteiger partial charge is 0.355 e. The van der Waals surface area contributed by atoms with Gasteiger partial charge in [0.05, 0.1) is 17.1 Å². The molecule has 0 spiro atoms. The molecular weight excluding hydrogens is 389 g/mol. The van der Waals surface area contributed by atoms with Gasteiger partial charge in [-0.3, -0.25) is 9.59 Å². The minimum Gasteiger partial charge on any atom is -0.355 e. The zero-order valence-electron chi connectivity index (χ0n) is 16.1. The molecule has 7 heteroatoms. The molecule has 0 saturated heterocycles. The van der Waals surface area contributed by atoms with Gasteiger partial charge in [0.1, 0.15) is 5.82 Å². The molecule has 5 nitrogen and oxygen atoms in total. The molecule has 3 aromatic rings. The van der Waals surface area contributed by atoms with Crippen LogP contribution in [0.2, 0.25) is 0 Å². The second-order valence-electron chi connectivity index (χ2n) is 6.69. The van der Waals surface area contributed by atoms with Gasteiger partial charge in [-0.05, 0) is 41.8 Å². The van der Waals surface area contributed by atoms with E-state index in [1.165, 1.54) is 30.4 Å². The van der Waals surface area contributed by atoms with Crippen LogP contribution in [0.25, 0.3) is 0 Å². The summed E-state index contributed by atoms with van der Waals surface area (Å²) in [5, 5.41) is 8.42. The Kier molecular flexibility index (Phi) is 7.08. The van der Waals surface area contributed by atoms with E-state index in [-0.39, 0.29) is 24.1 Å². The van der Waals surface area contributed by atoms with E-state index in [1.807, 2.05) is 29.6 Å². The highest BCUT2D eigenvalue weighted by atomic mass is 32.1. The number of rotatable bonds is 8. The van der Waals surface area contributed by atoms with Crippen LogP contribution in [0.5, 0.6) is 0 Å². The third-order valence-corrected chi connectivity index (χ3v) is 5.12. The summed E-state index contributed by atoms with van der Waals surface area (Å²) in [7, 11) is 0. The van der Waals surface area contributed by atoms with Gasteiger partial charge >= 0.3 is 0 Å². The standard InChI is InChI=1S/C22H22FN3O2S/c1-15(27)25-19-8-4-16(5-9-19)10-11-24-21(28)13-20-14-29-22(26-20)12-17-2-6-18(23)7-3-17/h2-9,14H,10-13H2,1H3,(H,24,28)(H,25,27). The Hall–Kier alpha value is -3.06. The van der Waals surface area contributed by atoms with Gasteiger partial charge in [0, 0.05) is 31.0 Å². The number of aromatic nitrogens is 1. The van der Waals surface area contributed by atoms with Gasteiger partial charge in [0.2, 0.25) is 11.8 Å². The van der Waals surface area contributed by atoms with E-state index in [1.54, 1.807) is 12.1 Å². The van der Waals surface area contributed by atoms with Gasteiger partial charge in [0.25, 0.3) is 0 Å². The molecular formula is C22H22FN3O2S. The molecule has 0 aliphatic rings. The monoisotopic (exact) mass is 411 g/mol. The number of carbonyl (C=O) groups excluding carboxylic acids is 2. The zero-order valence-corrected chi connectivity index (χ0v) is 16.9. The lowest BCUT2D eigenvalue weighted by Gasteiger charge is -2.06. The smallest absolute Gasteiger partial charge is 0.226 e. The first kappa shape index (κ1) is 20.7. The number of nitrogens with one attached hydrogen (secondary N) is 2. The van der Waals surface area contributed by atoms with Crippen molar-refractivity contribution in [3.05, 3.63) is 81.6 Å². The Morgan fingerprint density at radius 3 is 2.41 bits per heavy atom. The molecule has 0 radical (unpaired) electrons. The summed E-state index contributed by atoms with van der Waals surface area (Å²) in [5.41, 5.74) is 3.56. The third-order valence-electron chi connectivity index (χ3n) is 4.22. The molecule has 2 N–H and O–H groups in total. The maximum absolute atomic E-state index is 13.0. The topological polar surface area (TPSA) is 71.1 Å². The molecule has 2 amide bonds. The van der Waals surface area contributed by atoms with Gasteiger partial charge in [-0.2, -0.15) is 0 Å². The van der Waals surface area contributed by atoms with E-state index >= 15 is 0 Å². The van der Waals surface area contributed by atoms with Crippen LogP contribution in [-0.2, 0) is 28.9 Å². The number of anilines is 1. The summed E-state index contributed by atoms with van der Waals surface area (Å²) in [6.07, 6.45) is 1.57. The van der Waals surface area contributed by atoms with Crippen LogP contribution in [0, 0.1) is 5.82 Å². The summed E-state index contributed by atoms with van der Waals surface area (Å²) in [4.78, 5) is 27.7. The third kappa shape index (κ3) is 6.80. The van der Waals surface area contributed by atoms with Crippen LogP contribution in [0.1, 0.15) is 28.8 Å². The van der Waals surface area contributed by atoms with E-state index in [2.05, 4.69) is 15.6 Å². The van der Waals surface area contributed by atoms with Crippen molar-refractivity contribution in [1.29, 1.82) is 0 Å². The van der Waals surface area contributed by atoms with Crippen LogP contribution in [0.4, 0.5) is 10.1 Å². The first-order valence-corrected chi connectivity index (χ1v) is 10.2. The highest BCUT2D eigenvalue weighted by Crippen LogP contribution is 2.16. The van der Waals surface area contributed by atoms with Gasteiger partial charge < -0.3 is 10.6 Å². The molecule has 2 aromatic carbocycles. The number of thiazole rings is 1. The average molecular weight is 412 g/mol. The van der Waals surface area contributed by atoms with E-state index in [0.717, 1.165) is 27.5 Å². The molecule has 3 rings (SSSR count). The van der Waals surface area contributed by atoms with E-state index in [0.29, 0.717) is 19.4 Å². The Morgan fingerprint density at radius 2 is 1.72 bits per heavy atom. The van der Waals surface area contributed by atoms with Crippen molar-refractivity contribution in [2.75, 3.05) is 11.9 Å². The van der Waals surface area contributed by atoms with Crippen LogP contribution < -0.4 is 10.6 Å². The van der Waals surface area contributed by atoms with Gasteiger partial charge in [-0.25, -0.2) is 9.37 Å². The van der Waals surface area contributed by atoms with E-state index < -0.39 is 0 Å². The van der Waals surface area contributed by atoms with Crippen molar-refractivity contribution >= 4 is 28.8 Å². The minimum absolute atomic E-state index is 0.0708. The van der Waals surface area contributed by atoms with Crippen LogP contribution in [0.3, 0.4) is 0 Å². The molecule has 0 saturated carbocycles. The quantitative estimate of drug-likeness (QED) is 0.593. The van der Waals surface area contributed by atoms with Crippen molar-refractivity contribution in [1.82, 2.24) is 10.3 Å². The summed E-state index contributed by atoms with van der Waals surface area (Å²) < 4.78 is 13.0. The summed E-state index contributed by atoms with van der Waals surface area (Å²) in [6, 6.07) is 13.9. The second-order valence-corrected chi connectivity index (χ2v) is 7.63. The average Bonchev–Trinajstić information content (AvgIpc) is 3.11. The van der Waals surface area contributed by atoms with Crippen molar-refractivity contribution in [3.63, 3.8) is 0 Å². The van der Waals surface area contributed by atoms with E-state index in [4.69, 9.17) is 0 Å². The zero-order chi connectivity index (χ0) is 20.6. The van der Waals surface area contributed by atoms with Gasteiger partial charge in [-0.1, -0.05) is 24.3 Å². The number of hydrogen-bond donors (Lipinski definition) is 2. The summed E-state index contributed by atoms with van der Waals surface area (Å²) >= 11 is 1.50. The molecule has 0 bridgehead atoms. The Labute approximate surface area is 173 Å². The Morgan fingerprint density at radius 1 is 1.03 bits per heavy atom. The number of amides is 2. The Bertz CT molecular complexity index is 968. The van der Waals surface area contributed by atoms with Gasteiger partial charge in [-0.15, -0.1) is 11.3 Å². The molecule has 150 valence electrons. The maximum Gasteiger partial charge on any atom is 0.226 e. The molecule has 29 heavy (non-hydrogen) atoms. The van der Waals surface area contributed by atoms with Crippen molar-refractivity contribution in [2.45, 2.75) is 26.2 Å². The number of benzene rings is 2. The SMILES string of the molecule is CC(=O)Nc1ccc(CCNC(=O)Cc2csc(Cc3ccc(F)cc3)n2)cc1. The molecule has 1 heterocycles. The fourth-order valence-corrected chi connectivity index (χ4v) is 3.65. The number of carbonyl (C=O) groups is 2. The molecule has 0 aliphatic heterocycles. The lowest BCUT2D eigenvalue weighted by Crippen LogP contribution is -2.27. The second kappa shape index (κ2) is 9.93. The van der Waals surface area contributed by atoms with Crippen molar-refractivity contribution < 1.29 is 14.0 Å². The Balaban J connectivity index is 1.42. The highest BCUT2D eigenvalue weighted by Gasteiger charge is 2.08. The molecule has 1 aromatic heterocycles. The van der Waals surface area contributed by atoms with Crippen molar-refractivity contribution in [2.24, 2.45) is 0 Å². The number of nitrogens with zero attached hydrogens (tertiary/aromatic N) is 1. The summed E-state index contributed by atoms with van der Waals surface area (Å²) in [5.74, 6) is -0.430. The highest BCUT2D eigenvalue weighted by molar-refractivity contribution is 7.09. The first-order valence-electron chi connectivity index (χ1n) is 9.29. The predicted octanol–water partition coefficient (Wildman–Crippen LogP) is 3.73. The normalized spacial score (nSPS) is 10.6. The van der Waals surface area contributed by atoms with Crippen LogP contribution >= 0.6 is 11.3 Å². The van der Waals surface area contributed by atoms with Crippen LogP contribution in [-0.4, -0.2) is 23.3 Å². The lowest BCUT2D eigenvalue weighted by atomic mass is 10.1. The molecule has 0 fully saturated rings. The molecule has 0 aliphatic carbocycles. The maximum atomic E-state index is 13.0. The fraction of sp³-hybridized carbons (Fsp3) is 0.227. The molecule has 0 atom stereocenters. The van der Waals surface area contributed by atoms with Crippen LogP contribution in [0.15, 0.2) is 53.9 Å². The summed E-state index contributed by atoms with van der Waals surface area (Å²) in [6.45, 7) is 2.00. The molecule has 0 unspecified atom stereocenters. The minimum atomic E-state index is -0.256. The van der Waals surface area contributed by atoms with Gasteiger partial charge in [0.15, 0.2) is 0 Å². The lowest BCUT2D eigenvalue weighted by molar-refractivity contribution is -0.120. The first-order chi connectivity index (χ1) is 14.0. The van der Waals surface area contributed by atoms with Crippen molar-refractivity contribution in [3.8, 4) is 0 Å².